The van der Waals surface area contributed by atoms with Crippen molar-refractivity contribution in [2.75, 3.05) is 54.5 Å². The molecule has 284 valence electrons. The fraction of sp³-hybridized carbons (Fsp3) is 0.553. The molecule has 1 unspecified atom stereocenters. The molecule has 5 rings (SSSR count). The molecule has 0 radical (unpaired) electrons. The third-order valence-electron chi connectivity index (χ3n) is 9.96. The highest BCUT2D eigenvalue weighted by atomic mass is 28.4. The number of hydrogen-bond acceptors (Lipinski definition) is 9. The Morgan fingerprint density at radius 1 is 0.981 bits per heavy atom. The van der Waals surface area contributed by atoms with Gasteiger partial charge in [0.25, 0.3) is 0 Å². The van der Waals surface area contributed by atoms with Crippen LogP contribution in [-0.2, 0) is 20.4 Å². The number of pyridine rings is 2. The standard InChI is InChI=1S/C38H53F3N6O4Si/c1-24-22-47(23-31(45-36(48)50-37(2,3)4)35(24)51-52(8,9)38(5,6)7)32-12-13-42-21-30(32)43-20-25-10-11-27(39)34(44-25)33-28(40)18-26(19-29(33)41)46-14-16-49-17-15-46/h10-13,18-19,21,24,31,35,43H,14-17,20,22-23H2,1-9H3,(H,45,48)/t24-,31+,35?/m0/s1. The topological polar surface area (TPSA) is 101 Å². The van der Waals surface area contributed by atoms with Crippen LogP contribution in [0.5, 0.6) is 0 Å². The molecule has 2 N–H and O–H groups in total. The lowest BCUT2D eigenvalue weighted by Gasteiger charge is -2.48. The number of carbonyl (C=O) groups is 1. The van der Waals surface area contributed by atoms with E-state index in [-0.39, 0.29) is 29.6 Å². The number of nitrogens with zero attached hydrogens (tertiary/aromatic N) is 4. The number of carbonyl (C=O) groups excluding carboxylic acids is 1. The first kappa shape index (κ1) is 39.3. The van der Waals surface area contributed by atoms with E-state index in [1.165, 1.54) is 24.3 Å². The van der Waals surface area contributed by atoms with E-state index < -0.39 is 48.7 Å². The van der Waals surface area contributed by atoms with Crippen molar-refractivity contribution in [2.24, 2.45) is 5.92 Å². The lowest BCUT2D eigenvalue weighted by Crippen LogP contribution is -2.62. The first-order valence-electron chi connectivity index (χ1n) is 17.9. The second kappa shape index (κ2) is 15.6. The fourth-order valence-corrected chi connectivity index (χ4v) is 7.72. The molecule has 2 aliphatic rings. The monoisotopic (exact) mass is 742 g/mol. The average molecular weight is 743 g/mol. The molecule has 0 spiro atoms. The molecule has 0 bridgehead atoms. The van der Waals surface area contributed by atoms with Gasteiger partial charge in [0.2, 0.25) is 0 Å². The molecule has 14 heteroatoms. The van der Waals surface area contributed by atoms with Crippen molar-refractivity contribution in [2.45, 2.75) is 90.9 Å². The van der Waals surface area contributed by atoms with Gasteiger partial charge in [-0.1, -0.05) is 27.7 Å². The molecule has 1 aromatic carbocycles. The van der Waals surface area contributed by atoms with Gasteiger partial charge in [0, 0.05) is 44.0 Å². The number of nitrogens with one attached hydrogen (secondary N) is 2. The highest BCUT2D eigenvalue weighted by Crippen LogP contribution is 2.40. The van der Waals surface area contributed by atoms with Gasteiger partial charge in [-0.25, -0.2) is 22.9 Å². The number of halogens is 3. The van der Waals surface area contributed by atoms with E-state index in [9.17, 15) is 4.79 Å². The van der Waals surface area contributed by atoms with Crippen molar-refractivity contribution < 1.29 is 31.9 Å². The molecule has 2 aromatic heterocycles. The molecular weight excluding hydrogens is 690 g/mol. The second-order valence-corrected chi connectivity index (χ2v) is 21.0. The zero-order valence-electron chi connectivity index (χ0n) is 31.8. The minimum atomic E-state index is -2.21. The Kier molecular flexibility index (Phi) is 11.8. The van der Waals surface area contributed by atoms with Crippen LogP contribution in [-0.4, -0.2) is 81.5 Å². The first-order chi connectivity index (χ1) is 24.3. The van der Waals surface area contributed by atoms with Gasteiger partial charge in [0.15, 0.2) is 8.32 Å². The van der Waals surface area contributed by atoms with Crippen LogP contribution in [0.2, 0.25) is 18.1 Å². The molecular formula is C38H53F3N6O4Si. The number of rotatable bonds is 9. The van der Waals surface area contributed by atoms with E-state index in [4.69, 9.17) is 13.9 Å². The number of anilines is 3. The maximum absolute atomic E-state index is 15.4. The summed E-state index contributed by atoms with van der Waals surface area (Å²) in [5.41, 5.74) is 0.678. The van der Waals surface area contributed by atoms with Crippen LogP contribution in [0.25, 0.3) is 11.3 Å². The number of amides is 1. The van der Waals surface area contributed by atoms with E-state index in [1.54, 1.807) is 12.4 Å². The Balaban J connectivity index is 1.37. The zero-order valence-corrected chi connectivity index (χ0v) is 32.8. The van der Waals surface area contributed by atoms with Gasteiger partial charge in [-0.2, -0.15) is 0 Å². The summed E-state index contributed by atoms with van der Waals surface area (Å²) in [5, 5.41) is 6.43. The SMILES string of the molecule is C[C@H]1CN(c2ccncc2NCc2ccc(F)c(-c3c(F)cc(N4CCOCC4)cc3F)n2)C[C@@H](NC(=O)OC(C)(C)C)C1O[Si](C)(C)C(C)(C)C. The van der Waals surface area contributed by atoms with E-state index in [0.717, 1.165) is 5.69 Å². The molecule has 0 saturated carbocycles. The Bertz CT molecular complexity index is 1700. The summed E-state index contributed by atoms with van der Waals surface area (Å²) in [5.74, 6) is -2.58. The molecule has 3 aromatic rings. The number of benzene rings is 1. The molecule has 3 atom stereocenters. The average Bonchev–Trinajstić information content (AvgIpc) is 3.05. The van der Waals surface area contributed by atoms with Gasteiger partial charge >= 0.3 is 6.09 Å². The Morgan fingerprint density at radius 3 is 2.29 bits per heavy atom. The van der Waals surface area contributed by atoms with E-state index >= 15 is 13.2 Å². The minimum Gasteiger partial charge on any atom is -0.444 e. The Morgan fingerprint density at radius 2 is 1.65 bits per heavy atom. The summed E-state index contributed by atoms with van der Waals surface area (Å²) in [7, 11) is -2.21. The highest BCUT2D eigenvalue weighted by molar-refractivity contribution is 6.74. The summed E-state index contributed by atoms with van der Waals surface area (Å²) < 4.78 is 63.8. The van der Waals surface area contributed by atoms with Crippen LogP contribution in [0.3, 0.4) is 0 Å². The lowest BCUT2D eigenvalue weighted by molar-refractivity contribution is 0.0336. The van der Waals surface area contributed by atoms with Gasteiger partial charge in [-0.3, -0.25) is 4.98 Å². The Labute approximate surface area is 306 Å². The summed E-state index contributed by atoms with van der Waals surface area (Å²) in [4.78, 5) is 25.8. The molecule has 52 heavy (non-hydrogen) atoms. The Hall–Kier alpha value is -3.88. The minimum absolute atomic E-state index is 0.0271. The summed E-state index contributed by atoms with van der Waals surface area (Å²) in [6.45, 7) is 21.7. The number of alkyl carbamates (subject to hydrolysis) is 1. The quantitative estimate of drug-likeness (QED) is 0.213. The second-order valence-electron chi connectivity index (χ2n) is 16.2. The van der Waals surface area contributed by atoms with E-state index in [0.29, 0.717) is 56.5 Å². The summed E-state index contributed by atoms with van der Waals surface area (Å²) in [6, 6.07) is 6.58. The molecule has 0 aliphatic carbocycles. The van der Waals surface area contributed by atoms with Crippen molar-refractivity contribution in [3.63, 3.8) is 0 Å². The van der Waals surface area contributed by atoms with Gasteiger partial charge in [0.1, 0.15) is 28.7 Å². The van der Waals surface area contributed by atoms with Gasteiger partial charge in [-0.15, -0.1) is 0 Å². The number of morpholine rings is 1. The number of piperidine rings is 1. The molecule has 4 heterocycles. The first-order valence-corrected chi connectivity index (χ1v) is 20.8. The van der Waals surface area contributed by atoms with Gasteiger partial charge in [-0.05, 0) is 69.2 Å². The predicted octanol–water partition coefficient (Wildman–Crippen LogP) is 7.75. The maximum Gasteiger partial charge on any atom is 0.408 e. The van der Waals surface area contributed by atoms with Gasteiger partial charge < -0.3 is 34.3 Å². The maximum atomic E-state index is 15.4. The molecule has 2 fully saturated rings. The normalized spacial score (nSPS) is 20.1. The zero-order chi connectivity index (χ0) is 38.0. The largest absolute Gasteiger partial charge is 0.444 e. The van der Waals surface area contributed by atoms with E-state index in [1.807, 2.05) is 31.7 Å². The van der Waals surface area contributed by atoms with Crippen molar-refractivity contribution in [3.05, 3.63) is 65.9 Å². The number of hydrogen-bond donors (Lipinski definition) is 2. The fourth-order valence-electron chi connectivity index (χ4n) is 6.29. The van der Waals surface area contributed by atoms with Crippen molar-refractivity contribution in [1.29, 1.82) is 0 Å². The van der Waals surface area contributed by atoms with Crippen LogP contribution >= 0.6 is 0 Å². The third-order valence-corrected chi connectivity index (χ3v) is 14.4. The lowest BCUT2D eigenvalue weighted by atomic mass is 9.92. The third kappa shape index (κ3) is 9.37. The summed E-state index contributed by atoms with van der Waals surface area (Å²) in [6.07, 6.45) is 2.63. The number of ether oxygens (including phenoxy) is 2. The van der Waals surface area contributed by atoms with Crippen LogP contribution in [0.4, 0.5) is 35.0 Å². The molecule has 2 saturated heterocycles. The van der Waals surface area contributed by atoms with Crippen molar-refractivity contribution in [1.82, 2.24) is 15.3 Å². The number of aromatic nitrogens is 2. The van der Waals surface area contributed by atoms with Crippen molar-refractivity contribution in [3.8, 4) is 11.3 Å². The smallest absolute Gasteiger partial charge is 0.408 e. The predicted molar refractivity (Wildman–Crippen MR) is 201 cm³/mol. The van der Waals surface area contributed by atoms with Crippen LogP contribution in [0.1, 0.15) is 54.2 Å². The van der Waals surface area contributed by atoms with E-state index in [2.05, 4.69) is 66.3 Å². The summed E-state index contributed by atoms with van der Waals surface area (Å²) >= 11 is 0. The van der Waals surface area contributed by atoms with Crippen molar-refractivity contribution >= 4 is 31.5 Å². The van der Waals surface area contributed by atoms with Gasteiger partial charge in [0.05, 0.1) is 60.7 Å². The molecule has 10 nitrogen and oxygen atoms in total. The molecule has 2 aliphatic heterocycles. The van der Waals surface area contributed by atoms with Crippen LogP contribution < -0.4 is 20.4 Å². The highest BCUT2D eigenvalue weighted by Gasteiger charge is 2.45. The van der Waals surface area contributed by atoms with Crippen LogP contribution in [0.15, 0.2) is 42.7 Å². The molecule has 1 amide bonds. The van der Waals surface area contributed by atoms with Crippen LogP contribution in [0, 0.1) is 23.4 Å².